The molecule has 1 saturated carbocycles. The van der Waals surface area contributed by atoms with Crippen molar-refractivity contribution in [3.05, 3.63) is 10.5 Å². The Morgan fingerprint density at radius 2 is 2.33 bits per heavy atom. The van der Waals surface area contributed by atoms with E-state index in [0.29, 0.717) is 19.1 Å². The van der Waals surface area contributed by atoms with Gasteiger partial charge in [0.2, 0.25) is 0 Å². The number of nitrogens with two attached hydrogens (primary N) is 1. The molecule has 1 fully saturated rings. The number of nitrogens with zero attached hydrogens (tertiary/aromatic N) is 2. The number of esters is 1. The highest BCUT2D eigenvalue weighted by molar-refractivity contribution is 7.99. The number of aromatic amines is 1. The van der Waals surface area contributed by atoms with Crippen LogP contribution >= 0.6 is 11.8 Å². The van der Waals surface area contributed by atoms with Gasteiger partial charge in [0.15, 0.2) is 5.16 Å². The van der Waals surface area contributed by atoms with Crippen molar-refractivity contribution in [1.82, 2.24) is 14.8 Å². The van der Waals surface area contributed by atoms with Crippen molar-refractivity contribution in [3.63, 3.8) is 0 Å². The Bertz CT molecular complexity index is 548. The first-order chi connectivity index (χ1) is 9.95. The van der Waals surface area contributed by atoms with Crippen molar-refractivity contribution in [2.45, 2.75) is 56.3 Å². The predicted octanol–water partition coefficient (Wildman–Crippen LogP) is 1.06. The molecule has 8 heteroatoms. The molecule has 0 amide bonds. The molecule has 3 N–H and O–H groups in total. The second kappa shape index (κ2) is 6.65. The van der Waals surface area contributed by atoms with E-state index < -0.39 is 5.54 Å². The van der Waals surface area contributed by atoms with Gasteiger partial charge in [0.05, 0.1) is 6.61 Å². The number of carbonyl (C=O) groups excluding carboxylic acids is 1. The molecule has 0 aliphatic heterocycles. The van der Waals surface area contributed by atoms with Gasteiger partial charge in [-0.05, 0) is 39.5 Å². The maximum atomic E-state index is 11.7. The summed E-state index contributed by atoms with van der Waals surface area (Å²) in [5, 5.41) is 7.25. The van der Waals surface area contributed by atoms with Crippen molar-refractivity contribution in [3.8, 4) is 0 Å². The van der Waals surface area contributed by atoms with Crippen molar-refractivity contribution in [2.24, 2.45) is 5.73 Å². The van der Waals surface area contributed by atoms with Crippen molar-refractivity contribution in [2.75, 3.05) is 12.4 Å². The van der Waals surface area contributed by atoms with Crippen LogP contribution in [-0.4, -0.2) is 38.6 Å². The third-order valence-corrected chi connectivity index (χ3v) is 4.44. The number of H-pyrrole nitrogens is 1. The van der Waals surface area contributed by atoms with Gasteiger partial charge in [-0.25, -0.2) is 9.89 Å². The number of aromatic nitrogens is 3. The van der Waals surface area contributed by atoms with Crippen LogP contribution in [0.4, 0.5) is 0 Å². The molecule has 1 aliphatic carbocycles. The molecule has 0 saturated heterocycles. The van der Waals surface area contributed by atoms with Crippen LogP contribution in [0.25, 0.3) is 0 Å². The first-order valence-electron chi connectivity index (χ1n) is 7.21. The van der Waals surface area contributed by atoms with Crippen LogP contribution in [0.15, 0.2) is 9.95 Å². The lowest BCUT2D eigenvalue weighted by molar-refractivity contribution is -0.149. The number of carbonyl (C=O) groups is 1. The van der Waals surface area contributed by atoms with Crippen molar-refractivity contribution >= 4 is 17.7 Å². The monoisotopic (exact) mass is 314 g/mol. The van der Waals surface area contributed by atoms with Gasteiger partial charge in [-0.3, -0.25) is 9.36 Å². The van der Waals surface area contributed by atoms with E-state index in [-0.39, 0.29) is 11.7 Å². The molecule has 2 rings (SSSR count). The van der Waals surface area contributed by atoms with Gasteiger partial charge in [0, 0.05) is 11.8 Å². The first kappa shape index (κ1) is 16.1. The van der Waals surface area contributed by atoms with E-state index in [0.717, 1.165) is 30.2 Å². The third kappa shape index (κ3) is 4.10. The molecular formula is C13H22N4O3S. The van der Waals surface area contributed by atoms with Crippen LogP contribution in [-0.2, 0) is 9.53 Å². The topological polar surface area (TPSA) is 103 Å². The van der Waals surface area contributed by atoms with Gasteiger partial charge in [0.1, 0.15) is 5.54 Å². The van der Waals surface area contributed by atoms with Gasteiger partial charge in [-0.15, -0.1) is 5.10 Å². The second-order valence-corrected chi connectivity index (χ2v) is 6.56. The summed E-state index contributed by atoms with van der Waals surface area (Å²) in [4.78, 5) is 23.3. The zero-order chi connectivity index (χ0) is 15.5. The summed E-state index contributed by atoms with van der Waals surface area (Å²) in [6.07, 6.45) is 3.37. The van der Waals surface area contributed by atoms with E-state index >= 15 is 0 Å². The zero-order valence-electron chi connectivity index (χ0n) is 12.4. The summed E-state index contributed by atoms with van der Waals surface area (Å²) in [6.45, 7) is 3.78. The van der Waals surface area contributed by atoms with E-state index in [1.54, 1.807) is 18.4 Å². The Morgan fingerprint density at radius 3 is 2.95 bits per heavy atom. The average Bonchev–Trinajstić information content (AvgIpc) is 3.19. The largest absolute Gasteiger partial charge is 0.465 e. The molecule has 0 radical (unpaired) electrons. The fraction of sp³-hybridized carbons (Fsp3) is 0.769. The summed E-state index contributed by atoms with van der Waals surface area (Å²) >= 11 is 1.51. The highest BCUT2D eigenvalue weighted by Crippen LogP contribution is 2.36. The molecule has 1 heterocycles. The standard InChI is InChI=1S/C13H22N4O3S/c1-3-20-10(18)13(2,14)7-4-8-21-12-16-15-11(19)17(12)9-5-6-9/h9H,3-8,14H2,1-2H3,(H,15,19). The molecule has 1 unspecified atom stereocenters. The summed E-state index contributed by atoms with van der Waals surface area (Å²) in [5.41, 5.74) is 4.85. The number of ether oxygens (including phenoxy) is 1. The first-order valence-corrected chi connectivity index (χ1v) is 8.20. The Labute approximate surface area is 127 Å². The molecule has 1 atom stereocenters. The summed E-state index contributed by atoms with van der Waals surface area (Å²) < 4.78 is 6.67. The van der Waals surface area contributed by atoms with E-state index in [1.807, 2.05) is 0 Å². The molecule has 7 nitrogen and oxygen atoms in total. The lowest BCUT2D eigenvalue weighted by atomic mass is 9.98. The lowest BCUT2D eigenvalue weighted by Crippen LogP contribution is -2.46. The highest BCUT2D eigenvalue weighted by atomic mass is 32.2. The van der Waals surface area contributed by atoms with Crippen LogP contribution in [0.5, 0.6) is 0 Å². The molecular weight excluding hydrogens is 292 g/mol. The lowest BCUT2D eigenvalue weighted by Gasteiger charge is -2.21. The Morgan fingerprint density at radius 1 is 1.62 bits per heavy atom. The van der Waals surface area contributed by atoms with Gasteiger partial charge >= 0.3 is 11.7 Å². The number of hydrogen-bond donors (Lipinski definition) is 2. The van der Waals surface area contributed by atoms with E-state index in [4.69, 9.17) is 10.5 Å². The summed E-state index contributed by atoms with van der Waals surface area (Å²) in [6, 6.07) is 0.304. The molecule has 1 aromatic rings. The van der Waals surface area contributed by atoms with Crippen LogP contribution < -0.4 is 11.4 Å². The summed E-state index contributed by atoms with van der Waals surface area (Å²) in [5.74, 6) is 0.382. The molecule has 0 spiro atoms. The number of rotatable bonds is 8. The Hall–Kier alpha value is -1.28. The minimum absolute atomic E-state index is 0.143. The molecule has 1 aromatic heterocycles. The SMILES string of the molecule is CCOC(=O)C(C)(N)CCCSc1n[nH]c(=O)n1C1CC1. The predicted molar refractivity (Wildman–Crippen MR) is 80.3 cm³/mol. The van der Waals surface area contributed by atoms with E-state index in [9.17, 15) is 9.59 Å². The number of nitrogens with one attached hydrogen (secondary N) is 1. The second-order valence-electron chi connectivity index (χ2n) is 5.50. The number of thioether (sulfide) groups is 1. The molecule has 1 aliphatic rings. The quantitative estimate of drug-likeness (QED) is 0.422. The van der Waals surface area contributed by atoms with Crippen molar-refractivity contribution < 1.29 is 9.53 Å². The Balaban J connectivity index is 1.80. The minimum atomic E-state index is -0.960. The number of hydrogen-bond acceptors (Lipinski definition) is 6. The highest BCUT2D eigenvalue weighted by Gasteiger charge is 2.30. The zero-order valence-corrected chi connectivity index (χ0v) is 13.2. The normalized spacial score (nSPS) is 17.5. The third-order valence-electron chi connectivity index (χ3n) is 3.40. The van der Waals surface area contributed by atoms with Gasteiger partial charge in [0.25, 0.3) is 0 Å². The smallest absolute Gasteiger partial charge is 0.344 e. The van der Waals surface area contributed by atoms with E-state index in [1.165, 1.54) is 11.8 Å². The van der Waals surface area contributed by atoms with Gasteiger partial charge in [-0.2, -0.15) is 0 Å². The Kier molecular flexibility index (Phi) is 5.10. The van der Waals surface area contributed by atoms with Crippen LogP contribution in [0.2, 0.25) is 0 Å². The van der Waals surface area contributed by atoms with Gasteiger partial charge < -0.3 is 10.5 Å². The van der Waals surface area contributed by atoms with Crippen LogP contribution in [0.3, 0.4) is 0 Å². The maximum absolute atomic E-state index is 11.7. The van der Waals surface area contributed by atoms with Gasteiger partial charge in [-0.1, -0.05) is 11.8 Å². The summed E-state index contributed by atoms with van der Waals surface area (Å²) in [7, 11) is 0. The van der Waals surface area contributed by atoms with Crippen LogP contribution in [0.1, 0.15) is 45.6 Å². The van der Waals surface area contributed by atoms with Crippen molar-refractivity contribution in [1.29, 1.82) is 0 Å². The molecule has 118 valence electrons. The molecule has 0 aromatic carbocycles. The fourth-order valence-corrected chi connectivity index (χ4v) is 3.00. The van der Waals surface area contributed by atoms with Crippen LogP contribution in [0, 0.1) is 0 Å². The molecule has 21 heavy (non-hydrogen) atoms. The maximum Gasteiger partial charge on any atom is 0.344 e. The fourth-order valence-electron chi connectivity index (χ4n) is 2.05. The molecule has 0 bridgehead atoms. The van der Waals surface area contributed by atoms with E-state index in [2.05, 4.69) is 10.2 Å². The minimum Gasteiger partial charge on any atom is -0.465 e. The average molecular weight is 314 g/mol.